The fraction of sp³-hybridized carbons (Fsp3) is 0.381. The highest BCUT2D eigenvalue weighted by Crippen LogP contribution is 2.40. The van der Waals surface area contributed by atoms with Crippen LogP contribution in [0.4, 0.5) is 5.13 Å². The summed E-state index contributed by atoms with van der Waals surface area (Å²) < 4.78 is 3.24. The standard InChI is InChI=1S/C20H26N6OS.CH4.2ClH/c1-5-6-9-23-20-26(4)16-15-10-13(12(3)24-25-19(21)22)7-8-14(15)17(27)11(2)18(16)28-20;;;/h7-8,10H,5-6,9H2,1-4H3,(H5,21,22,25,27);1H4;2*1H/b24-12+;;;. The maximum absolute atomic E-state index is 10.8. The number of nitrogens with zero attached hydrogens (tertiary/aromatic N) is 3. The van der Waals surface area contributed by atoms with Crippen LogP contribution in [-0.4, -0.2) is 23.3 Å². The molecule has 6 N–H and O–H groups in total. The lowest BCUT2D eigenvalue weighted by Gasteiger charge is -2.08. The van der Waals surface area contributed by atoms with Crippen molar-refractivity contribution < 1.29 is 22.1 Å². The Labute approximate surface area is 200 Å². The molecule has 0 saturated carbocycles. The highest BCUT2D eigenvalue weighted by atomic mass is 35.5. The summed E-state index contributed by atoms with van der Waals surface area (Å²) in [7, 11) is 2.05. The second-order valence-corrected chi connectivity index (χ2v) is 7.87. The maximum Gasteiger partial charge on any atom is 0.334 e. The van der Waals surface area contributed by atoms with Crippen molar-refractivity contribution in [1.29, 1.82) is 0 Å². The first-order chi connectivity index (χ1) is 13.3. The van der Waals surface area contributed by atoms with E-state index in [1.165, 1.54) is 0 Å². The van der Waals surface area contributed by atoms with Gasteiger partial charge in [-0.1, -0.05) is 26.8 Å². The van der Waals surface area contributed by atoms with Crippen molar-refractivity contribution in [1.82, 2.24) is 0 Å². The molecule has 3 aromatic rings. The first kappa shape index (κ1) is 28.7. The zero-order valence-electron chi connectivity index (χ0n) is 17.5. The molecule has 3 rings (SSSR count). The van der Waals surface area contributed by atoms with Crippen LogP contribution in [0.5, 0.6) is 5.75 Å². The first-order valence-electron chi connectivity index (χ1n) is 9.30. The van der Waals surface area contributed by atoms with Gasteiger partial charge in [-0.15, -0.1) is 17.5 Å². The quantitative estimate of drug-likeness (QED) is 0.137. The molecule has 0 bridgehead atoms. The minimum atomic E-state index is -0.0807. The molecule has 0 radical (unpaired) electrons. The predicted molar refractivity (Wildman–Crippen MR) is 132 cm³/mol. The summed E-state index contributed by atoms with van der Waals surface area (Å²) in [5, 5.41) is 25.0. The summed E-state index contributed by atoms with van der Waals surface area (Å²) >= 11 is 1.67. The van der Waals surface area contributed by atoms with Crippen LogP contribution in [0.1, 0.15) is 45.2 Å². The van der Waals surface area contributed by atoms with E-state index in [4.69, 9.17) is 11.5 Å². The summed E-state index contributed by atoms with van der Waals surface area (Å²) in [6, 6.07) is 5.87. The molecule has 0 aliphatic carbocycles. The Bertz CT molecular complexity index is 1110. The third kappa shape index (κ3) is 5.70. The molecule has 0 aliphatic heterocycles. The number of aromatic hydroxyl groups is 1. The van der Waals surface area contributed by atoms with Gasteiger partial charge >= 0.3 is 5.13 Å². The van der Waals surface area contributed by atoms with E-state index in [9.17, 15) is 5.11 Å². The van der Waals surface area contributed by atoms with E-state index in [1.807, 2.05) is 32.0 Å². The van der Waals surface area contributed by atoms with Crippen LogP contribution in [0.15, 0.2) is 28.4 Å². The molecule has 0 spiro atoms. The Morgan fingerprint density at radius 2 is 1.90 bits per heavy atom. The summed E-state index contributed by atoms with van der Waals surface area (Å²) in [5.41, 5.74) is 14.3. The van der Waals surface area contributed by atoms with Crippen LogP contribution < -0.4 is 33.8 Å². The van der Waals surface area contributed by atoms with Crippen molar-refractivity contribution in [3.8, 4) is 5.75 Å². The topological polar surface area (TPSA) is 113 Å². The third-order valence-electron chi connectivity index (χ3n) is 4.82. The summed E-state index contributed by atoms with van der Waals surface area (Å²) in [5.74, 6) is 0.234. The average molecular weight is 488 g/mol. The fourth-order valence-electron chi connectivity index (χ4n) is 3.22. The number of unbranched alkanes of at least 4 members (excludes halogenated alkanes) is 1. The zero-order valence-corrected chi connectivity index (χ0v) is 19.9. The zero-order chi connectivity index (χ0) is 20.4. The van der Waals surface area contributed by atoms with Gasteiger partial charge in [0.2, 0.25) is 5.96 Å². The van der Waals surface area contributed by atoms with Crippen molar-refractivity contribution in [2.45, 2.75) is 41.0 Å². The number of hydrogen-bond donors (Lipinski definition) is 4. The lowest BCUT2D eigenvalue weighted by atomic mass is 10.0. The van der Waals surface area contributed by atoms with Gasteiger partial charge in [0.15, 0.2) is 5.52 Å². The van der Waals surface area contributed by atoms with Gasteiger partial charge in [0.05, 0.1) is 24.0 Å². The van der Waals surface area contributed by atoms with E-state index in [-0.39, 0.29) is 38.2 Å². The van der Waals surface area contributed by atoms with E-state index in [2.05, 4.69) is 34.1 Å². The van der Waals surface area contributed by atoms with Crippen molar-refractivity contribution in [3.05, 3.63) is 29.3 Å². The number of benzene rings is 2. The van der Waals surface area contributed by atoms with E-state index >= 15 is 0 Å². The molecule has 0 amide bonds. The molecular formula is C21H32Cl2N6OS. The fourth-order valence-corrected chi connectivity index (χ4v) is 4.41. The molecule has 0 atom stereocenters. The molecular weight excluding hydrogens is 455 g/mol. The minimum Gasteiger partial charge on any atom is -1.00 e. The highest BCUT2D eigenvalue weighted by Gasteiger charge is 2.22. The van der Waals surface area contributed by atoms with Gasteiger partial charge in [-0.2, -0.15) is 5.10 Å². The molecule has 0 saturated heterocycles. The van der Waals surface area contributed by atoms with Crippen LogP contribution in [0.3, 0.4) is 0 Å². The Kier molecular flexibility index (Phi) is 11.0. The number of anilines is 1. The predicted octanol–water partition coefficient (Wildman–Crippen LogP) is 1.16. The summed E-state index contributed by atoms with van der Waals surface area (Å²) in [6.45, 7) is 6.92. The van der Waals surface area contributed by atoms with Gasteiger partial charge in [0.1, 0.15) is 5.75 Å². The largest absolute Gasteiger partial charge is 1.00 e. The first-order valence-corrected chi connectivity index (χ1v) is 10.1. The van der Waals surface area contributed by atoms with E-state index in [1.54, 1.807) is 11.3 Å². The number of hydrogen-bond acceptors (Lipinski definition) is 5. The molecule has 7 nitrogen and oxygen atoms in total. The number of phenols is 1. The monoisotopic (exact) mass is 486 g/mol. The Morgan fingerprint density at radius 1 is 1.23 bits per heavy atom. The molecule has 2 aromatic carbocycles. The van der Waals surface area contributed by atoms with Crippen LogP contribution in [0.2, 0.25) is 0 Å². The number of guanidine groups is 1. The lowest BCUT2D eigenvalue weighted by Crippen LogP contribution is -3.00. The van der Waals surface area contributed by atoms with Crippen molar-refractivity contribution in [3.63, 3.8) is 0 Å². The number of aryl methyl sites for hydroxylation is 2. The van der Waals surface area contributed by atoms with Crippen molar-refractivity contribution in [2.24, 2.45) is 28.7 Å². The highest BCUT2D eigenvalue weighted by molar-refractivity contribution is 7.22. The third-order valence-corrected chi connectivity index (χ3v) is 6.13. The van der Waals surface area contributed by atoms with Crippen molar-refractivity contribution >= 4 is 61.5 Å². The van der Waals surface area contributed by atoms with E-state index < -0.39 is 0 Å². The molecule has 0 unspecified atom stereocenters. The Balaban J connectivity index is 0.00000300. The SMILES string of the molecule is C.CCCCNc1sc2c(C)c(O)c3ccc(/C(C)=N/N=C(N)N)cc3c2[n+]1C.Cl.[Cl-]. The molecule has 0 aliphatic rings. The van der Waals surface area contributed by atoms with Crippen LogP contribution in [0, 0.1) is 6.92 Å². The molecule has 10 heteroatoms. The number of fused-ring (bicyclic) bond motifs is 3. The average Bonchev–Trinajstić information content (AvgIpc) is 3.00. The van der Waals surface area contributed by atoms with Crippen LogP contribution in [0.25, 0.3) is 21.0 Å². The number of nitrogens with two attached hydrogens (primary N) is 2. The van der Waals surface area contributed by atoms with Gasteiger partial charge in [-0.25, -0.2) is 4.57 Å². The van der Waals surface area contributed by atoms with Crippen LogP contribution in [-0.2, 0) is 7.05 Å². The number of halogens is 2. The summed E-state index contributed by atoms with van der Waals surface area (Å²) in [6.07, 6.45) is 2.26. The molecule has 0 fully saturated rings. The lowest BCUT2D eigenvalue weighted by molar-refractivity contribution is -0.625. The maximum atomic E-state index is 10.8. The second-order valence-electron chi connectivity index (χ2n) is 6.87. The van der Waals surface area contributed by atoms with E-state index in [0.29, 0.717) is 11.5 Å². The number of phenolic OH excluding ortho intramolecular Hbond substituents is 1. The normalized spacial score (nSPS) is 10.8. The molecule has 1 aromatic heterocycles. The molecule has 1 heterocycles. The Morgan fingerprint density at radius 3 is 2.52 bits per heavy atom. The smallest absolute Gasteiger partial charge is 0.334 e. The van der Waals surface area contributed by atoms with Crippen LogP contribution >= 0.6 is 23.7 Å². The van der Waals surface area contributed by atoms with Gasteiger partial charge in [0.25, 0.3) is 0 Å². The van der Waals surface area contributed by atoms with Gasteiger partial charge in [-0.3, -0.25) is 5.32 Å². The number of nitrogens with one attached hydrogen (secondary N) is 1. The van der Waals surface area contributed by atoms with E-state index in [0.717, 1.165) is 56.6 Å². The molecule has 31 heavy (non-hydrogen) atoms. The number of aromatic nitrogens is 1. The Hall–Kier alpha value is -2.29. The van der Waals surface area contributed by atoms with Gasteiger partial charge in [0, 0.05) is 16.3 Å². The summed E-state index contributed by atoms with van der Waals surface area (Å²) in [4.78, 5) is 0. The van der Waals surface area contributed by atoms with Gasteiger partial charge in [-0.05, 0) is 49.3 Å². The minimum absolute atomic E-state index is 0. The number of rotatable bonds is 6. The van der Waals surface area contributed by atoms with Gasteiger partial charge < -0.3 is 29.0 Å². The van der Waals surface area contributed by atoms with Crippen molar-refractivity contribution in [2.75, 3.05) is 11.9 Å². The second kappa shape index (κ2) is 11.9. The number of thiazole rings is 1. The molecule has 172 valence electrons.